The molecule has 0 fully saturated rings. The highest BCUT2D eigenvalue weighted by Crippen LogP contribution is 2.27. The van der Waals surface area contributed by atoms with Gasteiger partial charge in [0.15, 0.2) is 0 Å². The Bertz CT molecular complexity index is 836. The lowest BCUT2D eigenvalue weighted by Crippen LogP contribution is -2.03. The van der Waals surface area contributed by atoms with Gasteiger partial charge in [0, 0.05) is 22.3 Å². The van der Waals surface area contributed by atoms with Gasteiger partial charge in [-0.3, -0.25) is 9.97 Å². The molecule has 0 amide bonds. The average Bonchev–Trinajstić information content (AvgIpc) is 2.47. The Labute approximate surface area is 128 Å². The third-order valence-corrected chi connectivity index (χ3v) is 3.43. The number of nitrogens with one attached hydrogen (secondary N) is 1. The molecule has 0 bridgehead atoms. The fraction of sp³-hybridized carbons (Fsp3) is 0. The van der Waals surface area contributed by atoms with Gasteiger partial charge in [0.1, 0.15) is 0 Å². The molecule has 2 aromatic heterocycles. The lowest BCUT2D eigenvalue weighted by atomic mass is 10.1. The number of anilines is 2. The summed E-state index contributed by atoms with van der Waals surface area (Å²) in [5.74, 6) is -1.00. The Kier molecular flexibility index (Phi) is 3.53. The lowest BCUT2D eigenvalue weighted by molar-refractivity contribution is 0.0698. The van der Waals surface area contributed by atoms with E-state index in [4.69, 9.17) is 0 Å². The zero-order chi connectivity index (χ0) is 14.8. The minimum absolute atomic E-state index is 0.166. The van der Waals surface area contributed by atoms with Crippen LogP contribution in [-0.2, 0) is 0 Å². The van der Waals surface area contributed by atoms with Crippen LogP contribution >= 0.6 is 15.9 Å². The average molecular weight is 344 g/mol. The standard InChI is InChI=1S/C15H10BrN3O2/c16-10-6-9-2-1-3-12(14(9)18-7-10)19-13-8-17-5-4-11(13)15(20)21/h1-8,19H,(H,20,21). The molecule has 0 unspecified atom stereocenters. The van der Waals surface area contributed by atoms with Crippen molar-refractivity contribution in [3.63, 3.8) is 0 Å². The van der Waals surface area contributed by atoms with Crippen molar-refractivity contribution in [2.24, 2.45) is 0 Å². The number of carboxylic acid groups (broad SMARTS) is 1. The molecular formula is C15H10BrN3O2. The van der Waals surface area contributed by atoms with Gasteiger partial charge in [-0.1, -0.05) is 12.1 Å². The fourth-order valence-corrected chi connectivity index (χ4v) is 2.41. The van der Waals surface area contributed by atoms with Gasteiger partial charge in [-0.2, -0.15) is 0 Å². The third kappa shape index (κ3) is 2.71. The summed E-state index contributed by atoms with van der Waals surface area (Å²) in [4.78, 5) is 19.6. The number of halogens is 1. The first kappa shape index (κ1) is 13.5. The summed E-state index contributed by atoms with van der Waals surface area (Å²) < 4.78 is 0.889. The van der Waals surface area contributed by atoms with Crippen LogP contribution in [0, 0.1) is 0 Å². The van der Waals surface area contributed by atoms with Gasteiger partial charge in [-0.05, 0) is 34.1 Å². The Balaban J connectivity index is 2.09. The first-order chi connectivity index (χ1) is 10.1. The van der Waals surface area contributed by atoms with Crippen LogP contribution in [0.3, 0.4) is 0 Å². The molecule has 0 aliphatic rings. The van der Waals surface area contributed by atoms with Crippen molar-refractivity contribution >= 4 is 44.2 Å². The van der Waals surface area contributed by atoms with E-state index in [9.17, 15) is 9.90 Å². The molecule has 21 heavy (non-hydrogen) atoms. The Hall–Kier alpha value is -2.47. The van der Waals surface area contributed by atoms with Gasteiger partial charge >= 0.3 is 5.97 Å². The second-order valence-electron chi connectivity index (χ2n) is 4.38. The summed E-state index contributed by atoms with van der Waals surface area (Å²) in [5.41, 5.74) is 2.10. The molecular weight excluding hydrogens is 334 g/mol. The highest BCUT2D eigenvalue weighted by Gasteiger charge is 2.11. The van der Waals surface area contributed by atoms with E-state index in [2.05, 4.69) is 31.2 Å². The summed E-state index contributed by atoms with van der Waals surface area (Å²) >= 11 is 3.38. The van der Waals surface area contributed by atoms with Crippen molar-refractivity contribution in [2.75, 3.05) is 5.32 Å². The number of hydrogen-bond donors (Lipinski definition) is 2. The van der Waals surface area contributed by atoms with Gasteiger partial charge < -0.3 is 10.4 Å². The summed E-state index contributed by atoms with van der Waals surface area (Å²) in [6.07, 6.45) is 4.64. The monoisotopic (exact) mass is 343 g/mol. The van der Waals surface area contributed by atoms with Crippen LogP contribution in [0.25, 0.3) is 10.9 Å². The van der Waals surface area contributed by atoms with Crippen molar-refractivity contribution < 1.29 is 9.90 Å². The fourth-order valence-electron chi connectivity index (χ4n) is 2.06. The van der Waals surface area contributed by atoms with Crippen molar-refractivity contribution in [1.82, 2.24) is 9.97 Å². The van der Waals surface area contributed by atoms with E-state index in [-0.39, 0.29) is 5.56 Å². The molecule has 3 rings (SSSR count). The zero-order valence-corrected chi connectivity index (χ0v) is 12.3. The molecule has 0 spiro atoms. The third-order valence-electron chi connectivity index (χ3n) is 3.00. The van der Waals surface area contributed by atoms with Gasteiger partial charge in [-0.15, -0.1) is 0 Å². The summed E-state index contributed by atoms with van der Waals surface area (Å²) in [5, 5.41) is 13.3. The summed E-state index contributed by atoms with van der Waals surface area (Å²) in [6.45, 7) is 0. The van der Waals surface area contributed by atoms with E-state index in [0.29, 0.717) is 5.69 Å². The van der Waals surface area contributed by atoms with E-state index in [1.807, 2.05) is 24.3 Å². The van der Waals surface area contributed by atoms with Gasteiger partial charge in [0.05, 0.1) is 28.7 Å². The normalized spacial score (nSPS) is 10.5. The maximum atomic E-state index is 11.2. The van der Waals surface area contributed by atoms with E-state index in [1.54, 1.807) is 6.20 Å². The SMILES string of the molecule is O=C(O)c1ccncc1Nc1cccc2cc(Br)cnc12. The van der Waals surface area contributed by atoms with Crippen LogP contribution in [0.4, 0.5) is 11.4 Å². The van der Waals surface area contributed by atoms with E-state index < -0.39 is 5.97 Å². The molecule has 0 atom stereocenters. The summed E-state index contributed by atoms with van der Waals surface area (Å²) in [7, 11) is 0. The highest BCUT2D eigenvalue weighted by atomic mass is 79.9. The maximum Gasteiger partial charge on any atom is 0.337 e. The minimum Gasteiger partial charge on any atom is -0.478 e. The first-order valence-corrected chi connectivity index (χ1v) is 6.93. The van der Waals surface area contributed by atoms with Crippen LogP contribution in [0.1, 0.15) is 10.4 Å². The maximum absolute atomic E-state index is 11.2. The second-order valence-corrected chi connectivity index (χ2v) is 5.30. The number of aromatic carboxylic acids is 1. The van der Waals surface area contributed by atoms with Crippen molar-refractivity contribution in [3.05, 3.63) is 59.0 Å². The molecule has 2 N–H and O–H groups in total. The van der Waals surface area contributed by atoms with Crippen molar-refractivity contribution in [2.45, 2.75) is 0 Å². The van der Waals surface area contributed by atoms with E-state index in [0.717, 1.165) is 21.1 Å². The van der Waals surface area contributed by atoms with Crippen LogP contribution in [0.15, 0.2) is 53.4 Å². The number of hydrogen-bond acceptors (Lipinski definition) is 4. The number of rotatable bonds is 3. The number of aromatic nitrogens is 2. The second kappa shape index (κ2) is 5.49. The quantitative estimate of drug-likeness (QED) is 0.755. The largest absolute Gasteiger partial charge is 0.478 e. The topological polar surface area (TPSA) is 75.1 Å². The lowest BCUT2D eigenvalue weighted by Gasteiger charge is -2.11. The molecule has 2 heterocycles. The summed E-state index contributed by atoms with van der Waals surface area (Å²) in [6, 6.07) is 9.09. The van der Waals surface area contributed by atoms with Crippen LogP contribution in [-0.4, -0.2) is 21.0 Å². The molecule has 0 radical (unpaired) electrons. The van der Waals surface area contributed by atoms with Crippen molar-refractivity contribution in [1.29, 1.82) is 0 Å². The molecule has 0 aliphatic heterocycles. The molecule has 3 aromatic rings. The number of nitrogens with zero attached hydrogens (tertiary/aromatic N) is 2. The van der Waals surface area contributed by atoms with Crippen LogP contribution in [0.5, 0.6) is 0 Å². The molecule has 0 aliphatic carbocycles. The number of carboxylic acids is 1. The number of fused-ring (bicyclic) bond motifs is 1. The Morgan fingerprint density at radius 1 is 1.19 bits per heavy atom. The Morgan fingerprint density at radius 3 is 2.86 bits per heavy atom. The predicted octanol–water partition coefficient (Wildman–Crippen LogP) is 3.83. The van der Waals surface area contributed by atoms with Gasteiger partial charge in [-0.25, -0.2) is 4.79 Å². The molecule has 0 saturated carbocycles. The molecule has 6 heteroatoms. The molecule has 104 valence electrons. The Morgan fingerprint density at radius 2 is 2.05 bits per heavy atom. The van der Waals surface area contributed by atoms with Gasteiger partial charge in [0.25, 0.3) is 0 Å². The number of carbonyl (C=O) groups is 1. The smallest absolute Gasteiger partial charge is 0.337 e. The van der Waals surface area contributed by atoms with Crippen LogP contribution < -0.4 is 5.32 Å². The van der Waals surface area contributed by atoms with E-state index >= 15 is 0 Å². The first-order valence-electron chi connectivity index (χ1n) is 6.14. The molecule has 1 aromatic carbocycles. The number of benzene rings is 1. The van der Waals surface area contributed by atoms with E-state index in [1.165, 1.54) is 18.5 Å². The number of para-hydroxylation sites is 1. The highest BCUT2D eigenvalue weighted by molar-refractivity contribution is 9.10. The molecule has 0 saturated heterocycles. The minimum atomic E-state index is -1.00. The van der Waals surface area contributed by atoms with Crippen LogP contribution in [0.2, 0.25) is 0 Å². The predicted molar refractivity (Wildman–Crippen MR) is 83.9 cm³/mol. The van der Waals surface area contributed by atoms with Crippen molar-refractivity contribution in [3.8, 4) is 0 Å². The van der Waals surface area contributed by atoms with Gasteiger partial charge in [0.2, 0.25) is 0 Å². The number of pyridine rings is 2. The zero-order valence-electron chi connectivity index (χ0n) is 10.7. The molecule has 5 nitrogen and oxygen atoms in total.